The normalized spacial score (nSPS) is 9.50. The minimum atomic E-state index is 0.477. The summed E-state index contributed by atoms with van der Waals surface area (Å²) in [7, 11) is 0. The van der Waals surface area contributed by atoms with Crippen LogP contribution in [0.3, 0.4) is 0 Å². The standard InChI is InChI=1S/C9H7BrClN/c1-6(11)8-4-3-7(10)5-9(8)12-2/h3-5H,1-2H2. The summed E-state index contributed by atoms with van der Waals surface area (Å²) < 4.78 is 0.951. The lowest BCUT2D eigenvalue weighted by molar-refractivity contribution is 1.50. The SMILES string of the molecule is C=Nc1cc(Br)ccc1C(=C)Cl. The molecule has 1 aromatic rings. The molecule has 0 saturated heterocycles. The molecular weight excluding hydrogens is 237 g/mol. The molecule has 0 spiro atoms. The van der Waals surface area contributed by atoms with E-state index in [2.05, 4.69) is 34.2 Å². The molecule has 0 aliphatic carbocycles. The van der Waals surface area contributed by atoms with Crippen LogP contribution in [0.25, 0.3) is 5.03 Å². The highest BCUT2D eigenvalue weighted by atomic mass is 79.9. The number of hydrogen-bond acceptors (Lipinski definition) is 1. The van der Waals surface area contributed by atoms with Crippen LogP contribution in [-0.2, 0) is 0 Å². The lowest BCUT2D eigenvalue weighted by Crippen LogP contribution is -1.77. The third-order valence-corrected chi connectivity index (χ3v) is 2.12. The Hall–Kier alpha value is -0.600. The van der Waals surface area contributed by atoms with Crippen molar-refractivity contribution in [2.45, 2.75) is 0 Å². The van der Waals surface area contributed by atoms with Crippen molar-refractivity contribution in [2.75, 3.05) is 0 Å². The molecule has 0 amide bonds. The van der Waals surface area contributed by atoms with Crippen molar-refractivity contribution in [3.63, 3.8) is 0 Å². The van der Waals surface area contributed by atoms with Crippen molar-refractivity contribution >= 4 is 45.0 Å². The maximum absolute atomic E-state index is 5.74. The predicted octanol–water partition coefficient (Wildman–Crippen LogP) is 3.99. The molecule has 0 aliphatic heterocycles. The van der Waals surface area contributed by atoms with Gasteiger partial charge in [0.2, 0.25) is 0 Å². The maximum Gasteiger partial charge on any atom is 0.0720 e. The van der Waals surface area contributed by atoms with Gasteiger partial charge in [-0.05, 0) is 18.9 Å². The predicted molar refractivity (Wildman–Crippen MR) is 58.2 cm³/mol. The molecule has 0 aliphatic rings. The van der Waals surface area contributed by atoms with Crippen LogP contribution < -0.4 is 0 Å². The molecule has 0 radical (unpaired) electrons. The molecule has 12 heavy (non-hydrogen) atoms. The molecule has 0 unspecified atom stereocenters. The van der Waals surface area contributed by atoms with Crippen molar-refractivity contribution in [3.05, 3.63) is 34.8 Å². The molecule has 0 N–H and O–H groups in total. The van der Waals surface area contributed by atoms with E-state index in [1.165, 1.54) is 0 Å². The fraction of sp³-hybridized carbons (Fsp3) is 0. The van der Waals surface area contributed by atoms with Crippen LogP contribution in [0.15, 0.2) is 34.2 Å². The van der Waals surface area contributed by atoms with Crippen LogP contribution >= 0.6 is 27.5 Å². The summed E-state index contributed by atoms with van der Waals surface area (Å²) in [5, 5.41) is 0.477. The second-order valence-electron chi connectivity index (χ2n) is 2.22. The van der Waals surface area contributed by atoms with Gasteiger partial charge in [-0.3, -0.25) is 4.99 Å². The van der Waals surface area contributed by atoms with E-state index in [4.69, 9.17) is 11.6 Å². The second-order valence-corrected chi connectivity index (χ2v) is 3.60. The van der Waals surface area contributed by atoms with Crippen molar-refractivity contribution < 1.29 is 0 Å². The van der Waals surface area contributed by atoms with Gasteiger partial charge in [-0.25, -0.2) is 0 Å². The zero-order valence-electron chi connectivity index (χ0n) is 6.35. The summed E-state index contributed by atoms with van der Waals surface area (Å²) in [6, 6.07) is 5.58. The number of aliphatic imine (C=N–C) groups is 1. The van der Waals surface area contributed by atoms with E-state index >= 15 is 0 Å². The van der Waals surface area contributed by atoms with Gasteiger partial charge in [0, 0.05) is 15.1 Å². The van der Waals surface area contributed by atoms with E-state index in [0.717, 1.165) is 15.7 Å². The van der Waals surface area contributed by atoms with Gasteiger partial charge < -0.3 is 0 Å². The van der Waals surface area contributed by atoms with Gasteiger partial charge >= 0.3 is 0 Å². The van der Waals surface area contributed by atoms with Crippen molar-refractivity contribution in [2.24, 2.45) is 4.99 Å². The summed E-state index contributed by atoms with van der Waals surface area (Å²) in [5.41, 5.74) is 1.55. The molecular formula is C9H7BrClN. The zero-order chi connectivity index (χ0) is 9.14. The zero-order valence-corrected chi connectivity index (χ0v) is 8.69. The Morgan fingerprint density at radius 1 is 1.50 bits per heavy atom. The van der Waals surface area contributed by atoms with Crippen LogP contribution in [0, 0.1) is 0 Å². The Labute approximate surface area is 84.9 Å². The lowest BCUT2D eigenvalue weighted by Gasteiger charge is -2.02. The van der Waals surface area contributed by atoms with E-state index in [9.17, 15) is 0 Å². The number of benzene rings is 1. The van der Waals surface area contributed by atoms with E-state index in [1.54, 1.807) is 0 Å². The van der Waals surface area contributed by atoms with Crippen molar-refractivity contribution in [1.29, 1.82) is 0 Å². The van der Waals surface area contributed by atoms with Crippen LogP contribution in [0.4, 0.5) is 5.69 Å². The lowest BCUT2D eigenvalue weighted by atomic mass is 10.2. The Morgan fingerprint density at radius 3 is 2.67 bits per heavy atom. The first kappa shape index (κ1) is 9.49. The fourth-order valence-electron chi connectivity index (χ4n) is 0.865. The molecule has 62 valence electrons. The number of nitrogens with zero attached hydrogens (tertiary/aromatic N) is 1. The van der Waals surface area contributed by atoms with E-state index in [-0.39, 0.29) is 0 Å². The Morgan fingerprint density at radius 2 is 2.17 bits per heavy atom. The topological polar surface area (TPSA) is 12.4 Å². The number of halogens is 2. The molecule has 1 nitrogen and oxygen atoms in total. The van der Waals surface area contributed by atoms with E-state index in [1.807, 2.05) is 18.2 Å². The van der Waals surface area contributed by atoms with E-state index in [0.29, 0.717) is 5.03 Å². The van der Waals surface area contributed by atoms with Crippen LogP contribution in [0.5, 0.6) is 0 Å². The highest BCUT2D eigenvalue weighted by Gasteiger charge is 2.02. The molecule has 0 heterocycles. The first-order valence-corrected chi connectivity index (χ1v) is 4.43. The molecule has 0 bridgehead atoms. The van der Waals surface area contributed by atoms with Gasteiger partial charge in [0.15, 0.2) is 0 Å². The molecule has 0 fully saturated rings. The molecule has 0 aromatic heterocycles. The monoisotopic (exact) mass is 243 g/mol. The Bertz CT molecular complexity index is 333. The molecule has 0 atom stereocenters. The number of rotatable bonds is 2. The van der Waals surface area contributed by atoms with Crippen LogP contribution in [0.1, 0.15) is 5.56 Å². The third-order valence-electron chi connectivity index (χ3n) is 1.42. The number of hydrogen-bond donors (Lipinski definition) is 0. The molecule has 1 aromatic carbocycles. The third kappa shape index (κ3) is 1.96. The largest absolute Gasteiger partial charge is 0.264 e. The van der Waals surface area contributed by atoms with Gasteiger partial charge in [-0.1, -0.05) is 40.2 Å². The van der Waals surface area contributed by atoms with Crippen molar-refractivity contribution in [1.82, 2.24) is 0 Å². The summed E-state index contributed by atoms with van der Waals surface area (Å²) in [4.78, 5) is 3.83. The average Bonchev–Trinajstić information content (AvgIpc) is 2.03. The van der Waals surface area contributed by atoms with Gasteiger partial charge in [-0.2, -0.15) is 0 Å². The summed E-state index contributed by atoms with van der Waals surface area (Å²) in [6.45, 7) is 7.07. The molecule has 0 saturated carbocycles. The smallest absolute Gasteiger partial charge is 0.0720 e. The highest BCUT2D eigenvalue weighted by molar-refractivity contribution is 9.10. The van der Waals surface area contributed by atoms with Gasteiger partial charge in [0.1, 0.15) is 0 Å². The Kier molecular flexibility index (Phi) is 3.06. The maximum atomic E-state index is 5.74. The summed E-state index contributed by atoms with van der Waals surface area (Å²) >= 11 is 9.07. The summed E-state index contributed by atoms with van der Waals surface area (Å²) in [5.74, 6) is 0. The van der Waals surface area contributed by atoms with Gasteiger partial charge in [0.05, 0.1) is 5.69 Å². The van der Waals surface area contributed by atoms with Crippen LogP contribution in [0.2, 0.25) is 0 Å². The summed E-state index contributed by atoms with van der Waals surface area (Å²) in [6.07, 6.45) is 0. The van der Waals surface area contributed by atoms with Gasteiger partial charge in [-0.15, -0.1) is 0 Å². The minimum Gasteiger partial charge on any atom is -0.264 e. The van der Waals surface area contributed by atoms with Crippen molar-refractivity contribution in [3.8, 4) is 0 Å². The molecule has 1 rings (SSSR count). The molecule has 3 heteroatoms. The first-order chi connectivity index (χ1) is 5.65. The Balaban J connectivity index is 3.29. The minimum absolute atomic E-state index is 0.477. The first-order valence-electron chi connectivity index (χ1n) is 3.26. The average molecular weight is 245 g/mol. The van der Waals surface area contributed by atoms with Gasteiger partial charge in [0.25, 0.3) is 0 Å². The fourth-order valence-corrected chi connectivity index (χ4v) is 1.37. The quantitative estimate of drug-likeness (QED) is 0.698. The van der Waals surface area contributed by atoms with Crippen LogP contribution in [-0.4, -0.2) is 6.72 Å². The second kappa shape index (κ2) is 3.87. The van der Waals surface area contributed by atoms with E-state index < -0.39 is 0 Å². The highest BCUT2D eigenvalue weighted by Crippen LogP contribution is 2.30.